The maximum absolute atomic E-state index is 6.77. The minimum atomic E-state index is -1.58. The summed E-state index contributed by atoms with van der Waals surface area (Å²) in [5.41, 5.74) is 0. The SMILES string of the molecule is CCCCCCCCCCCCO[Si](CC(C)C)(CC(C)C)CC(C)C. The molecule has 0 unspecified atom stereocenters. The predicted molar refractivity (Wildman–Crippen MR) is 122 cm³/mol. The second-order valence-corrected chi connectivity index (χ2v) is 13.9. The third-order valence-electron chi connectivity index (χ3n) is 5.25. The molecule has 0 radical (unpaired) electrons. The van der Waals surface area contributed by atoms with Crippen molar-refractivity contribution >= 4 is 8.32 Å². The summed E-state index contributed by atoms with van der Waals surface area (Å²) < 4.78 is 6.77. The fraction of sp³-hybridized carbons (Fsp3) is 1.00. The summed E-state index contributed by atoms with van der Waals surface area (Å²) in [7, 11) is -1.58. The molecule has 0 aromatic carbocycles. The van der Waals surface area contributed by atoms with E-state index < -0.39 is 8.32 Å². The van der Waals surface area contributed by atoms with Crippen LogP contribution in [0, 0.1) is 17.8 Å². The number of hydrogen-bond donors (Lipinski definition) is 0. The van der Waals surface area contributed by atoms with Gasteiger partial charge in [0, 0.05) is 6.61 Å². The maximum Gasteiger partial charge on any atom is 0.193 e. The van der Waals surface area contributed by atoms with Crippen molar-refractivity contribution in [2.75, 3.05) is 6.61 Å². The van der Waals surface area contributed by atoms with Crippen LogP contribution in [-0.4, -0.2) is 14.9 Å². The number of hydrogen-bond acceptors (Lipinski definition) is 1. The molecule has 0 aromatic rings. The van der Waals surface area contributed by atoms with Crippen LogP contribution in [-0.2, 0) is 4.43 Å². The molecule has 158 valence electrons. The summed E-state index contributed by atoms with van der Waals surface area (Å²) >= 11 is 0. The molecule has 0 aliphatic rings. The van der Waals surface area contributed by atoms with Crippen LogP contribution >= 0.6 is 0 Å². The van der Waals surface area contributed by atoms with E-state index in [4.69, 9.17) is 4.43 Å². The van der Waals surface area contributed by atoms with Gasteiger partial charge in [-0.3, -0.25) is 0 Å². The van der Waals surface area contributed by atoms with Crippen LogP contribution in [0.4, 0.5) is 0 Å². The van der Waals surface area contributed by atoms with Crippen molar-refractivity contribution in [3.63, 3.8) is 0 Å². The Bertz CT molecular complexity index is 272. The van der Waals surface area contributed by atoms with Crippen molar-refractivity contribution in [3.05, 3.63) is 0 Å². The van der Waals surface area contributed by atoms with Crippen molar-refractivity contribution < 1.29 is 4.43 Å². The van der Waals surface area contributed by atoms with Crippen LogP contribution in [0.25, 0.3) is 0 Å². The molecule has 0 N–H and O–H groups in total. The van der Waals surface area contributed by atoms with E-state index in [2.05, 4.69) is 48.5 Å². The van der Waals surface area contributed by atoms with E-state index in [1.807, 2.05) is 0 Å². The van der Waals surface area contributed by atoms with Crippen molar-refractivity contribution in [1.82, 2.24) is 0 Å². The Morgan fingerprint density at radius 3 is 1.23 bits per heavy atom. The molecule has 0 aromatic heterocycles. The number of rotatable bonds is 18. The van der Waals surface area contributed by atoms with Crippen molar-refractivity contribution in [2.45, 2.75) is 131 Å². The standard InChI is InChI=1S/C24H52OSi/c1-8-9-10-11-12-13-14-15-16-17-18-25-26(19-22(2)3,20-23(4)5)21-24(6)7/h22-24H,8-21H2,1-7H3. The normalized spacial score (nSPS) is 12.7. The molecule has 26 heavy (non-hydrogen) atoms. The summed E-state index contributed by atoms with van der Waals surface area (Å²) in [6.45, 7) is 17.6. The molecule has 0 rings (SSSR count). The average Bonchev–Trinajstić information content (AvgIpc) is 2.50. The first-order chi connectivity index (χ1) is 12.3. The van der Waals surface area contributed by atoms with Crippen LogP contribution in [0.1, 0.15) is 113 Å². The highest BCUT2D eigenvalue weighted by Gasteiger charge is 2.36. The van der Waals surface area contributed by atoms with Gasteiger partial charge >= 0.3 is 0 Å². The van der Waals surface area contributed by atoms with Gasteiger partial charge in [0.1, 0.15) is 0 Å². The highest BCUT2D eigenvalue weighted by atomic mass is 28.4. The van der Waals surface area contributed by atoms with Gasteiger partial charge in [-0.2, -0.15) is 0 Å². The first-order valence-corrected chi connectivity index (χ1v) is 14.5. The lowest BCUT2D eigenvalue weighted by molar-refractivity contribution is 0.273. The Labute approximate surface area is 168 Å². The first kappa shape index (κ1) is 26.2. The predicted octanol–water partition coefficient (Wildman–Crippen LogP) is 8.84. The third-order valence-corrected chi connectivity index (χ3v) is 10.7. The van der Waals surface area contributed by atoms with Gasteiger partial charge in [-0.25, -0.2) is 0 Å². The Morgan fingerprint density at radius 2 is 0.885 bits per heavy atom. The zero-order valence-electron chi connectivity index (χ0n) is 19.5. The van der Waals surface area contributed by atoms with E-state index in [9.17, 15) is 0 Å². The smallest absolute Gasteiger partial charge is 0.193 e. The molecule has 0 atom stereocenters. The van der Waals surface area contributed by atoms with Gasteiger partial charge in [0.15, 0.2) is 8.32 Å². The van der Waals surface area contributed by atoms with Crippen LogP contribution in [0.5, 0.6) is 0 Å². The van der Waals surface area contributed by atoms with E-state index in [1.54, 1.807) is 0 Å². The highest BCUT2D eigenvalue weighted by molar-refractivity contribution is 6.74. The van der Waals surface area contributed by atoms with E-state index in [0.29, 0.717) is 0 Å². The summed E-state index contributed by atoms with van der Waals surface area (Å²) in [5, 5.41) is 0. The Hall–Kier alpha value is 0.177. The molecule has 0 saturated carbocycles. The van der Waals surface area contributed by atoms with Gasteiger partial charge in [-0.15, -0.1) is 0 Å². The molecule has 0 heterocycles. The molecule has 0 aliphatic heterocycles. The fourth-order valence-electron chi connectivity index (χ4n) is 4.54. The summed E-state index contributed by atoms with van der Waals surface area (Å²) in [4.78, 5) is 0. The van der Waals surface area contributed by atoms with E-state index in [-0.39, 0.29) is 0 Å². The Morgan fingerprint density at radius 1 is 0.538 bits per heavy atom. The van der Waals surface area contributed by atoms with Crippen LogP contribution in [0.15, 0.2) is 0 Å². The second-order valence-electron chi connectivity index (χ2n) is 10.0. The van der Waals surface area contributed by atoms with Crippen LogP contribution in [0.2, 0.25) is 18.1 Å². The van der Waals surface area contributed by atoms with Gasteiger partial charge in [0.2, 0.25) is 0 Å². The monoisotopic (exact) mass is 384 g/mol. The fourth-order valence-corrected chi connectivity index (χ4v) is 10.4. The second kappa shape index (κ2) is 16.2. The van der Waals surface area contributed by atoms with Gasteiger partial charge in [-0.1, -0.05) is 106 Å². The van der Waals surface area contributed by atoms with Crippen LogP contribution in [0.3, 0.4) is 0 Å². The lowest BCUT2D eigenvalue weighted by Crippen LogP contribution is -2.42. The van der Waals surface area contributed by atoms with Gasteiger partial charge < -0.3 is 4.43 Å². The quantitative estimate of drug-likeness (QED) is 0.169. The molecule has 0 aliphatic carbocycles. The highest BCUT2D eigenvalue weighted by Crippen LogP contribution is 2.33. The zero-order valence-corrected chi connectivity index (χ0v) is 20.5. The largest absolute Gasteiger partial charge is 0.417 e. The lowest BCUT2D eigenvalue weighted by atomic mass is 10.1. The zero-order chi connectivity index (χ0) is 19.8. The molecule has 0 saturated heterocycles. The van der Waals surface area contributed by atoms with Gasteiger partial charge in [-0.05, 0) is 42.3 Å². The van der Waals surface area contributed by atoms with Crippen molar-refractivity contribution in [3.8, 4) is 0 Å². The molecule has 0 amide bonds. The summed E-state index contributed by atoms with van der Waals surface area (Å²) in [6, 6.07) is 4.04. The van der Waals surface area contributed by atoms with E-state index in [0.717, 1.165) is 24.4 Å². The third kappa shape index (κ3) is 15.3. The molecule has 0 bridgehead atoms. The van der Waals surface area contributed by atoms with Gasteiger partial charge in [0.25, 0.3) is 0 Å². The average molecular weight is 385 g/mol. The Balaban J connectivity index is 4.08. The minimum Gasteiger partial charge on any atom is -0.417 e. The molecule has 1 nitrogen and oxygen atoms in total. The lowest BCUT2D eigenvalue weighted by Gasteiger charge is -2.36. The summed E-state index contributed by atoms with van der Waals surface area (Å²) in [6.07, 6.45) is 14.0. The van der Waals surface area contributed by atoms with Crippen LogP contribution < -0.4 is 0 Å². The molecule has 2 heteroatoms. The summed E-state index contributed by atoms with van der Waals surface area (Å²) in [5.74, 6) is 2.31. The van der Waals surface area contributed by atoms with E-state index >= 15 is 0 Å². The molecular weight excluding hydrogens is 332 g/mol. The molecule has 0 spiro atoms. The molecular formula is C24H52OSi. The first-order valence-electron chi connectivity index (χ1n) is 11.9. The van der Waals surface area contributed by atoms with Crippen molar-refractivity contribution in [1.29, 1.82) is 0 Å². The van der Waals surface area contributed by atoms with E-state index in [1.165, 1.54) is 82.3 Å². The van der Waals surface area contributed by atoms with Gasteiger partial charge in [0.05, 0.1) is 0 Å². The van der Waals surface area contributed by atoms with Crippen molar-refractivity contribution in [2.24, 2.45) is 17.8 Å². The number of unbranched alkanes of at least 4 members (excludes halogenated alkanes) is 9. The molecule has 0 fully saturated rings. The topological polar surface area (TPSA) is 9.23 Å². The maximum atomic E-state index is 6.77. The Kier molecular flexibility index (Phi) is 16.3. The minimum absolute atomic E-state index is 0.770.